The average Bonchev–Trinajstić information content (AvgIpc) is 3.24. The molecule has 0 aromatic carbocycles. The molecule has 4 rings (SSSR count). The minimum atomic E-state index is -0.163. The Labute approximate surface area is 128 Å². The molecule has 0 saturated carbocycles. The summed E-state index contributed by atoms with van der Waals surface area (Å²) in [5, 5.41) is 10.0. The quantitative estimate of drug-likeness (QED) is 0.908. The van der Waals surface area contributed by atoms with E-state index in [9.17, 15) is 4.79 Å². The van der Waals surface area contributed by atoms with Gasteiger partial charge in [0, 0.05) is 30.7 Å². The van der Waals surface area contributed by atoms with Gasteiger partial charge in [0.1, 0.15) is 5.76 Å². The van der Waals surface area contributed by atoms with E-state index >= 15 is 0 Å². The van der Waals surface area contributed by atoms with Crippen molar-refractivity contribution in [2.45, 2.75) is 38.7 Å². The van der Waals surface area contributed by atoms with E-state index in [0.717, 1.165) is 54.9 Å². The molecule has 2 N–H and O–H groups in total. The van der Waals surface area contributed by atoms with E-state index in [-0.39, 0.29) is 12.0 Å². The van der Waals surface area contributed by atoms with Crippen molar-refractivity contribution in [3.8, 4) is 11.3 Å². The first kappa shape index (κ1) is 13.6. The third-order valence-electron chi connectivity index (χ3n) is 4.53. The highest BCUT2D eigenvalue weighted by Crippen LogP contribution is 2.37. The van der Waals surface area contributed by atoms with Gasteiger partial charge in [-0.1, -0.05) is 0 Å². The number of H-pyrrole nitrogens is 1. The Kier molecular flexibility index (Phi) is 3.26. The van der Waals surface area contributed by atoms with E-state index in [2.05, 4.69) is 15.5 Å². The minimum absolute atomic E-state index is 0.132. The predicted octanol–water partition coefficient (Wildman–Crippen LogP) is 1.99. The van der Waals surface area contributed by atoms with Crippen molar-refractivity contribution in [3.63, 3.8) is 0 Å². The summed E-state index contributed by atoms with van der Waals surface area (Å²) in [5.41, 5.74) is 4.05. The minimum Gasteiger partial charge on any atom is -0.455 e. The number of hydrogen-bond acceptors (Lipinski definition) is 4. The fraction of sp³-hybridized carbons (Fsp3) is 0.500. The number of carbonyl (C=O) groups excluding carboxylic acids is 1. The van der Waals surface area contributed by atoms with Crippen LogP contribution in [0.1, 0.15) is 40.3 Å². The average molecular weight is 301 g/mol. The molecule has 1 unspecified atom stereocenters. The van der Waals surface area contributed by atoms with Crippen molar-refractivity contribution in [2.75, 3.05) is 13.2 Å². The maximum absolute atomic E-state index is 12.4. The van der Waals surface area contributed by atoms with Gasteiger partial charge in [-0.2, -0.15) is 5.10 Å². The van der Waals surface area contributed by atoms with Crippen molar-refractivity contribution in [2.24, 2.45) is 0 Å². The number of aryl methyl sites for hydroxylation is 2. The lowest BCUT2D eigenvalue weighted by Gasteiger charge is -2.10. The molecule has 6 nitrogen and oxygen atoms in total. The largest absolute Gasteiger partial charge is 0.455 e. The first-order valence-electron chi connectivity index (χ1n) is 7.78. The van der Waals surface area contributed by atoms with E-state index in [1.165, 1.54) is 5.56 Å². The topological polar surface area (TPSA) is 80.1 Å². The molecule has 1 saturated heterocycles. The first-order valence-corrected chi connectivity index (χ1v) is 7.78. The van der Waals surface area contributed by atoms with Gasteiger partial charge in [0.25, 0.3) is 5.91 Å². The molecule has 1 atom stereocenters. The molecular weight excluding hydrogens is 282 g/mol. The number of furan rings is 1. The van der Waals surface area contributed by atoms with Gasteiger partial charge in [0.2, 0.25) is 0 Å². The van der Waals surface area contributed by atoms with Crippen LogP contribution in [0.15, 0.2) is 10.6 Å². The maximum Gasteiger partial charge on any atom is 0.287 e. The molecule has 2 aromatic heterocycles. The summed E-state index contributed by atoms with van der Waals surface area (Å²) in [4.78, 5) is 12.4. The zero-order valence-corrected chi connectivity index (χ0v) is 12.6. The Morgan fingerprint density at radius 1 is 1.50 bits per heavy atom. The van der Waals surface area contributed by atoms with Gasteiger partial charge in [-0.3, -0.25) is 9.89 Å². The summed E-state index contributed by atoms with van der Waals surface area (Å²) >= 11 is 0. The molecule has 3 heterocycles. The second-order valence-corrected chi connectivity index (χ2v) is 5.97. The fourth-order valence-corrected chi connectivity index (χ4v) is 3.35. The van der Waals surface area contributed by atoms with Crippen molar-refractivity contribution < 1.29 is 13.9 Å². The number of carbonyl (C=O) groups is 1. The standard InChI is InChI=1S/C16H19N3O3/c1-9-13-12(5-4-10-7-18-19-14(10)13)22-15(9)16(20)17-8-11-3-2-6-21-11/h7,11H,2-6,8H2,1H3,(H,17,20)(H,18,19). The molecule has 6 heteroatoms. The highest BCUT2D eigenvalue weighted by molar-refractivity contribution is 5.95. The third-order valence-corrected chi connectivity index (χ3v) is 4.53. The van der Waals surface area contributed by atoms with Crippen LogP contribution in [0.3, 0.4) is 0 Å². The van der Waals surface area contributed by atoms with Crippen LogP contribution in [0, 0.1) is 6.92 Å². The van der Waals surface area contributed by atoms with E-state index in [1.807, 2.05) is 13.1 Å². The number of hydrogen-bond donors (Lipinski definition) is 2. The van der Waals surface area contributed by atoms with Gasteiger partial charge in [0.15, 0.2) is 5.76 Å². The van der Waals surface area contributed by atoms with Gasteiger partial charge in [-0.15, -0.1) is 0 Å². The first-order chi connectivity index (χ1) is 10.7. The van der Waals surface area contributed by atoms with E-state index < -0.39 is 0 Å². The third kappa shape index (κ3) is 2.14. The highest BCUT2D eigenvalue weighted by Gasteiger charge is 2.28. The zero-order chi connectivity index (χ0) is 15.1. The molecule has 0 radical (unpaired) electrons. The smallest absolute Gasteiger partial charge is 0.287 e. The summed E-state index contributed by atoms with van der Waals surface area (Å²) in [7, 11) is 0. The van der Waals surface area contributed by atoms with E-state index in [4.69, 9.17) is 9.15 Å². The van der Waals surface area contributed by atoms with Gasteiger partial charge in [-0.05, 0) is 31.7 Å². The molecule has 0 spiro atoms. The van der Waals surface area contributed by atoms with Crippen molar-refractivity contribution >= 4 is 5.91 Å². The molecule has 1 aliphatic heterocycles. The summed E-state index contributed by atoms with van der Waals surface area (Å²) in [6.07, 6.45) is 5.75. The Morgan fingerprint density at radius 3 is 3.23 bits per heavy atom. The summed E-state index contributed by atoms with van der Waals surface area (Å²) in [6.45, 7) is 3.26. The summed E-state index contributed by atoms with van der Waals surface area (Å²) in [5.74, 6) is 1.12. The van der Waals surface area contributed by atoms with Crippen molar-refractivity contribution in [1.82, 2.24) is 15.5 Å². The lowest BCUT2D eigenvalue weighted by atomic mass is 9.93. The van der Waals surface area contributed by atoms with Crippen LogP contribution in [0.4, 0.5) is 0 Å². The SMILES string of the molecule is Cc1c(C(=O)NCC2CCCO2)oc2c1-c1[nH]ncc1CC2. The van der Waals surface area contributed by atoms with Gasteiger partial charge in [-0.25, -0.2) is 0 Å². The highest BCUT2D eigenvalue weighted by atomic mass is 16.5. The number of nitrogens with one attached hydrogen (secondary N) is 2. The van der Waals surface area contributed by atoms with Crippen molar-refractivity contribution in [1.29, 1.82) is 0 Å². The van der Waals surface area contributed by atoms with Crippen LogP contribution in [-0.2, 0) is 17.6 Å². The Bertz CT molecular complexity index is 710. The second-order valence-electron chi connectivity index (χ2n) is 5.97. The molecule has 2 aliphatic rings. The van der Waals surface area contributed by atoms with Crippen LogP contribution in [0.5, 0.6) is 0 Å². The lowest BCUT2D eigenvalue weighted by molar-refractivity contribution is 0.0833. The molecule has 1 aliphatic carbocycles. The Balaban J connectivity index is 1.57. The number of nitrogens with zero attached hydrogens (tertiary/aromatic N) is 1. The number of aromatic amines is 1. The number of rotatable bonds is 3. The maximum atomic E-state index is 12.4. The molecular formula is C16H19N3O3. The monoisotopic (exact) mass is 301 g/mol. The molecule has 116 valence electrons. The Morgan fingerprint density at radius 2 is 2.41 bits per heavy atom. The fourth-order valence-electron chi connectivity index (χ4n) is 3.35. The Hall–Kier alpha value is -2.08. The van der Waals surface area contributed by atoms with Gasteiger partial charge in [0.05, 0.1) is 18.0 Å². The van der Waals surface area contributed by atoms with Gasteiger partial charge >= 0.3 is 0 Å². The summed E-state index contributed by atoms with van der Waals surface area (Å²) < 4.78 is 11.4. The van der Waals surface area contributed by atoms with Crippen LogP contribution < -0.4 is 5.32 Å². The van der Waals surface area contributed by atoms with Crippen LogP contribution in [0.25, 0.3) is 11.3 Å². The van der Waals surface area contributed by atoms with E-state index in [1.54, 1.807) is 0 Å². The lowest BCUT2D eigenvalue weighted by Crippen LogP contribution is -2.31. The van der Waals surface area contributed by atoms with Crippen LogP contribution in [-0.4, -0.2) is 35.4 Å². The summed E-state index contributed by atoms with van der Waals surface area (Å²) in [6, 6.07) is 0. The molecule has 1 fully saturated rings. The number of fused-ring (bicyclic) bond motifs is 3. The second kappa shape index (κ2) is 5.28. The molecule has 22 heavy (non-hydrogen) atoms. The number of ether oxygens (including phenoxy) is 1. The van der Waals surface area contributed by atoms with Crippen LogP contribution in [0.2, 0.25) is 0 Å². The number of aromatic nitrogens is 2. The molecule has 1 amide bonds. The predicted molar refractivity (Wildman–Crippen MR) is 79.7 cm³/mol. The normalized spacial score (nSPS) is 19.8. The molecule has 2 aromatic rings. The van der Waals surface area contributed by atoms with Gasteiger partial charge < -0.3 is 14.5 Å². The molecule has 0 bridgehead atoms. The van der Waals surface area contributed by atoms with Crippen LogP contribution >= 0.6 is 0 Å². The zero-order valence-electron chi connectivity index (χ0n) is 12.6. The number of amides is 1. The van der Waals surface area contributed by atoms with E-state index in [0.29, 0.717) is 12.3 Å². The van der Waals surface area contributed by atoms with Crippen molar-refractivity contribution in [3.05, 3.63) is 28.8 Å².